The van der Waals surface area contributed by atoms with E-state index in [2.05, 4.69) is 27.4 Å². The molecule has 0 aliphatic heterocycles. The highest BCUT2D eigenvalue weighted by Crippen LogP contribution is 2.06. The Bertz CT molecular complexity index is 403. The van der Waals surface area contributed by atoms with E-state index in [1.165, 1.54) is 0 Å². The van der Waals surface area contributed by atoms with E-state index >= 15 is 0 Å². The number of aromatic nitrogens is 1. The van der Waals surface area contributed by atoms with Gasteiger partial charge in [0.1, 0.15) is 5.82 Å². The lowest BCUT2D eigenvalue weighted by Crippen LogP contribution is -2.34. The molecule has 2 N–H and O–H groups in total. The maximum atomic E-state index is 12.0. The van der Waals surface area contributed by atoms with E-state index < -0.39 is 0 Å². The van der Waals surface area contributed by atoms with Gasteiger partial charge in [0, 0.05) is 18.8 Å². The third kappa shape index (κ3) is 6.02. The van der Waals surface area contributed by atoms with Crippen molar-refractivity contribution >= 4 is 11.7 Å². The maximum Gasteiger partial charge on any atom is 0.253 e. The van der Waals surface area contributed by atoms with Gasteiger partial charge in [-0.15, -0.1) is 0 Å². The van der Waals surface area contributed by atoms with Crippen molar-refractivity contribution in [1.29, 1.82) is 0 Å². The predicted molar refractivity (Wildman–Crippen MR) is 83.1 cm³/mol. The zero-order valence-corrected chi connectivity index (χ0v) is 12.9. The molecule has 5 heteroatoms. The predicted octanol–water partition coefficient (Wildman–Crippen LogP) is 1.97. The second-order valence-corrected chi connectivity index (χ2v) is 5.33. The Kier molecular flexibility index (Phi) is 7.01. The van der Waals surface area contributed by atoms with E-state index in [9.17, 15) is 4.79 Å². The highest BCUT2D eigenvalue weighted by molar-refractivity contribution is 5.94. The molecule has 0 aliphatic carbocycles. The molecule has 0 saturated heterocycles. The smallest absolute Gasteiger partial charge is 0.253 e. The normalized spacial score (nSPS) is 12.2. The lowest BCUT2D eigenvalue weighted by Gasteiger charge is -2.16. The molecule has 112 valence electrons. The minimum Gasteiger partial charge on any atom is -0.370 e. The number of amides is 1. The number of nitrogens with zero attached hydrogens (tertiary/aromatic N) is 2. The van der Waals surface area contributed by atoms with E-state index in [1.54, 1.807) is 12.3 Å². The maximum absolute atomic E-state index is 12.0. The Morgan fingerprint density at radius 2 is 2.15 bits per heavy atom. The molecule has 0 aliphatic rings. The van der Waals surface area contributed by atoms with E-state index in [0.717, 1.165) is 31.7 Å². The van der Waals surface area contributed by atoms with Gasteiger partial charge in [0.05, 0.1) is 5.56 Å². The number of carbonyl (C=O) groups is 1. The minimum absolute atomic E-state index is 0.0641. The van der Waals surface area contributed by atoms with Crippen molar-refractivity contribution in [3.05, 3.63) is 23.9 Å². The molecule has 20 heavy (non-hydrogen) atoms. The van der Waals surface area contributed by atoms with Gasteiger partial charge < -0.3 is 15.5 Å². The molecule has 1 rings (SSSR count). The van der Waals surface area contributed by atoms with Crippen molar-refractivity contribution in [2.45, 2.75) is 32.7 Å². The summed E-state index contributed by atoms with van der Waals surface area (Å²) in [6.07, 6.45) is 3.60. The van der Waals surface area contributed by atoms with Gasteiger partial charge in [0.15, 0.2) is 0 Å². The van der Waals surface area contributed by atoms with Crippen LogP contribution in [0.4, 0.5) is 5.82 Å². The number of rotatable bonds is 8. The molecule has 0 radical (unpaired) electrons. The van der Waals surface area contributed by atoms with Crippen LogP contribution in [0.2, 0.25) is 0 Å². The molecule has 1 unspecified atom stereocenters. The summed E-state index contributed by atoms with van der Waals surface area (Å²) < 4.78 is 0. The van der Waals surface area contributed by atoms with Crippen LogP contribution in [0.1, 0.15) is 37.0 Å². The molecule has 5 nitrogen and oxygen atoms in total. The zero-order valence-electron chi connectivity index (χ0n) is 12.9. The van der Waals surface area contributed by atoms with Crippen LogP contribution in [0.25, 0.3) is 0 Å². The molecule has 0 aromatic carbocycles. The van der Waals surface area contributed by atoms with Crippen LogP contribution in [0.15, 0.2) is 18.3 Å². The second-order valence-electron chi connectivity index (χ2n) is 5.33. The standard InChI is InChI=1S/C15H26N4O/c1-5-9-16-14-7-6-13(11-17-14)15(20)18-12(2)8-10-19(3)4/h6-7,11-12H,5,8-10H2,1-4H3,(H,16,17)(H,18,20). The van der Waals surface area contributed by atoms with E-state index in [0.29, 0.717) is 5.56 Å². The Morgan fingerprint density at radius 1 is 1.40 bits per heavy atom. The van der Waals surface area contributed by atoms with Crippen LogP contribution >= 0.6 is 0 Å². The average Bonchev–Trinajstić information content (AvgIpc) is 2.43. The van der Waals surface area contributed by atoms with Gasteiger partial charge in [0.25, 0.3) is 5.91 Å². The third-order valence-electron chi connectivity index (χ3n) is 2.97. The van der Waals surface area contributed by atoms with Gasteiger partial charge in [-0.1, -0.05) is 6.92 Å². The molecular formula is C15H26N4O. The highest BCUT2D eigenvalue weighted by atomic mass is 16.1. The molecule has 1 aromatic heterocycles. The summed E-state index contributed by atoms with van der Waals surface area (Å²) in [6.45, 7) is 5.97. The minimum atomic E-state index is -0.0641. The van der Waals surface area contributed by atoms with E-state index in [-0.39, 0.29) is 11.9 Å². The van der Waals surface area contributed by atoms with Crippen molar-refractivity contribution in [1.82, 2.24) is 15.2 Å². The van der Waals surface area contributed by atoms with Crippen molar-refractivity contribution in [2.75, 3.05) is 32.5 Å². The van der Waals surface area contributed by atoms with Crippen LogP contribution in [0, 0.1) is 0 Å². The number of hydrogen-bond acceptors (Lipinski definition) is 4. The Balaban J connectivity index is 2.46. The molecule has 1 amide bonds. The van der Waals surface area contributed by atoms with Gasteiger partial charge in [-0.25, -0.2) is 4.98 Å². The number of carbonyl (C=O) groups excluding carboxylic acids is 1. The largest absolute Gasteiger partial charge is 0.370 e. The fourth-order valence-corrected chi connectivity index (χ4v) is 1.72. The summed E-state index contributed by atoms with van der Waals surface area (Å²) in [6, 6.07) is 3.80. The van der Waals surface area contributed by atoms with E-state index in [1.807, 2.05) is 27.1 Å². The zero-order chi connectivity index (χ0) is 15.0. The summed E-state index contributed by atoms with van der Waals surface area (Å²) >= 11 is 0. The van der Waals surface area contributed by atoms with Gasteiger partial charge in [-0.3, -0.25) is 4.79 Å². The van der Waals surface area contributed by atoms with Crippen LogP contribution in [0.3, 0.4) is 0 Å². The average molecular weight is 278 g/mol. The first-order valence-corrected chi connectivity index (χ1v) is 7.18. The fourth-order valence-electron chi connectivity index (χ4n) is 1.72. The van der Waals surface area contributed by atoms with Crippen LogP contribution < -0.4 is 10.6 Å². The Morgan fingerprint density at radius 3 is 2.70 bits per heavy atom. The molecule has 0 fully saturated rings. The molecule has 1 aromatic rings. The molecule has 1 heterocycles. The highest BCUT2D eigenvalue weighted by Gasteiger charge is 2.10. The first kappa shape index (κ1) is 16.4. The van der Waals surface area contributed by atoms with E-state index in [4.69, 9.17) is 0 Å². The monoisotopic (exact) mass is 278 g/mol. The molecule has 1 atom stereocenters. The quantitative estimate of drug-likeness (QED) is 0.763. The van der Waals surface area contributed by atoms with Crippen LogP contribution in [0.5, 0.6) is 0 Å². The molecule has 0 saturated carbocycles. The second kappa shape index (κ2) is 8.53. The number of nitrogens with one attached hydrogen (secondary N) is 2. The van der Waals surface area contributed by atoms with Crippen LogP contribution in [-0.2, 0) is 0 Å². The van der Waals surface area contributed by atoms with Gasteiger partial charge in [0.2, 0.25) is 0 Å². The fraction of sp³-hybridized carbons (Fsp3) is 0.600. The lowest BCUT2D eigenvalue weighted by atomic mass is 10.2. The number of pyridine rings is 1. The summed E-state index contributed by atoms with van der Waals surface area (Å²) in [5.74, 6) is 0.745. The topological polar surface area (TPSA) is 57.3 Å². The van der Waals surface area contributed by atoms with Gasteiger partial charge in [-0.2, -0.15) is 0 Å². The third-order valence-corrected chi connectivity index (χ3v) is 2.97. The molecular weight excluding hydrogens is 252 g/mol. The number of hydrogen-bond donors (Lipinski definition) is 2. The summed E-state index contributed by atoms with van der Waals surface area (Å²) in [7, 11) is 4.06. The van der Waals surface area contributed by atoms with Crippen molar-refractivity contribution in [3.63, 3.8) is 0 Å². The first-order valence-electron chi connectivity index (χ1n) is 7.18. The van der Waals surface area contributed by atoms with Gasteiger partial charge in [-0.05, 0) is 52.5 Å². The van der Waals surface area contributed by atoms with Crippen molar-refractivity contribution in [3.8, 4) is 0 Å². The van der Waals surface area contributed by atoms with Crippen molar-refractivity contribution in [2.24, 2.45) is 0 Å². The number of anilines is 1. The van der Waals surface area contributed by atoms with Gasteiger partial charge >= 0.3 is 0 Å². The molecule has 0 spiro atoms. The first-order chi connectivity index (χ1) is 9.52. The lowest BCUT2D eigenvalue weighted by molar-refractivity contribution is 0.0936. The SMILES string of the molecule is CCCNc1ccc(C(=O)NC(C)CCN(C)C)cn1. The summed E-state index contributed by atoms with van der Waals surface area (Å²) in [5, 5.41) is 6.17. The summed E-state index contributed by atoms with van der Waals surface area (Å²) in [4.78, 5) is 18.4. The summed E-state index contributed by atoms with van der Waals surface area (Å²) in [5.41, 5.74) is 0.601. The Labute approximate surface area is 121 Å². The molecule has 0 bridgehead atoms. The van der Waals surface area contributed by atoms with Crippen LogP contribution in [-0.4, -0.2) is 49.0 Å². The van der Waals surface area contributed by atoms with Crippen molar-refractivity contribution < 1.29 is 4.79 Å². The Hall–Kier alpha value is -1.62.